The third-order valence-electron chi connectivity index (χ3n) is 26.4. The Labute approximate surface area is 785 Å². The molecule has 2 radical (unpaired) electrons. The molecule has 14 aromatic rings. The summed E-state index contributed by atoms with van der Waals surface area (Å²) in [5.41, 5.74) is 18.7. The number of nitrogens with zero attached hydrogens (tertiary/aromatic N) is 16. The molecule has 22 heteroatoms. The van der Waals surface area contributed by atoms with Crippen molar-refractivity contribution in [3.63, 3.8) is 0 Å². The first-order chi connectivity index (χ1) is 59.8. The fraction of sp³-hybridized carbons (Fsp3) is 0.352. The molecule has 6 aromatic heterocycles. The Bertz CT molecular complexity index is 7140. The van der Waals surface area contributed by atoms with Crippen LogP contribution in [0.15, 0.2) is 157 Å². The number of aromatic nitrogens is 16. The van der Waals surface area contributed by atoms with E-state index in [1.165, 1.54) is 0 Å². The Hall–Kier alpha value is -11.3. The van der Waals surface area contributed by atoms with Gasteiger partial charge in [0, 0.05) is 112 Å². The molecule has 0 N–H and O–H groups in total. The second-order valence-electron chi connectivity index (χ2n) is 44.1. The predicted molar refractivity (Wildman–Crippen MR) is 527 cm³/mol. The van der Waals surface area contributed by atoms with E-state index in [-0.39, 0.29) is 89.3 Å². The molecule has 0 unspecified atom stereocenters. The van der Waals surface area contributed by atoms with E-state index in [4.69, 9.17) is 88.6 Å². The predicted octanol–water partition coefficient (Wildman–Crippen LogP) is 25.1. The third kappa shape index (κ3) is 17.3. The van der Waals surface area contributed by atoms with Crippen molar-refractivity contribution in [3.8, 4) is 115 Å². The van der Waals surface area contributed by atoms with Crippen LogP contribution in [-0.4, -0.2) is 89.7 Å². The average molecular weight is 1840 g/mol. The summed E-state index contributed by atoms with van der Waals surface area (Å²) in [6.45, 7) is 62.8. The largest absolute Gasteiger partial charge is 2.00 e. The fourth-order valence-electron chi connectivity index (χ4n) is 15.9. The van der Waals surface area contributed by atoms with Crippen LogP contribution in [-0.2, 0) is 74.9 Å². The zero-order chi connectivity index (χ0) is 91.2. The second-order valence-corrected chi connectivity index (χ2v) is 53.7. The van der Waals surface area contributed by atoms with E-state index >= 15 is 0 Å². The van der Waals surface area contributed by atoms with Gasteiger partial charge >= 0.3 is 33.6 Å². The van der Waals surface area contributed by atoms with Gasteiger partial charge in [-0.05, 0) is 206 Å². The van der Waals surface area contributed by atoms with Gasteiger partial charge in [0.1, 0.15) is 0 Å². The van der Waals surface area contributed by atoms with Gasteiger partial charge in [-0.25, -0.2) is 19.9 Å². The molecular weight excluding hydrogens is 1730 g/mol. The molecule has 8 aromatic carbocycles. The summed E-state index contributed by atoms with van der Waals surface area (Å²) in [7, 11) is -4.95. The van der Waals surface area contributed by atoms with E-state index in [2.05, 4.69) is 337 Å². The van der Waals surface area contributed by atoms with Gasteiger partial charge in [-0.15, -0.1) is 0 Å². The molecule has 16 bridgehead atoms. The number of benzene rings is 8. The molecule has 662 valence electrons. The minimum absolute atomic E-state index is 0. The average Bonchev–Trinajstić information content (AvgIpc) is 1.59. The van der Waals surface area contributed by atoms with E-state index in [1.807, 2.05) is 24.3 Å². The first kappa shape index (κ1) is 92.0. The monoisotopic (exact) mass is 1840 g/mol. The van der Waals surface area contributed by atoms with E-state index < -0.39 is 16.6 Å². The van der Waals surface area contributed by atoms with Crippen molar-refractivity contribution in [2.45, 2.75) is 235 Å². The van der Waals surface area contributed by atoms with E-state index in [0.717, 1.165) is 121 Å². The maximum atomic E-state index is 7.28. The first-order valence-corrected chi connectivity index (χ1v) is 50.3. The van der Waals surface area contributed by atoms with Crippen LogP contribution in [0.2, 0.25) is 36.3 Å². The zero-order valence-corrected chi connectivity index (χ0v) is 84.0. The summed E-state index contributed by atoms with van der Waals surface area (Å²) in [5.74, 6) is 18.5. The number of hydrogen-bond donors (Lipinski definition) is 0. The number of fused-ring (bicyclic) bond motifs is 40. The summed E-state index contributed by atoms with van der Waals surface area (Å²) >= 11 is 0. The van der Waals surface area contributed by atoms with Crippen molar-refractivity contribution < 1.29 is 42.4 Å². The van der Waals surface area contributed by atoms with Crippen molar-refractivity contribution in [1.82, 2.24) is 79.7 Å². The Kier molecular flexibility index (Phi) is 22.9. The van der Waals surface area contributed by atoms with Crippen molar-refractivity contribution >= 4 is 105 Å². The molecule has 0 atom stereocenters. The third-order valence-corrected chi connectivity index (χ3v) is 35.4. The van der Waals surface area contributed by atoms with Gasteiger partial charge in [0.15, 0.2) is 16.6 Å². The summed E-state index contributed by atoms with van der Waals surface area (Å²) in [4.78, 5) is 86.3. The molecule has 0 fully saturated rings. The quantitative estimate of drug-likeness (QED) is 0.111. The van der Waals surface area contributed by atoms with Crippen molar-refractivity contribution in [2.24, 2.45) is 0 Å². The minimum atomic E-state index is -2.48. The van der Waals surface area contributed by atoms with Crippen molar-refractivity contribution in [1.29, 1.82) is 0 Å². The number of rotatable bonds is 6. The second kappa shape index (κ2) is 32.3. The molecule has 4 aliphatic heterocycles. The molecule has 0 spiro atoms. The first-order valence-electron chi connectivity index (χ1n) is 44.5. The van der Waals surface area contributed by atoms with Crippen molar-refractivity contribution in [2.75, 3.05) is 13.2 Å². The molecule has 130 heavy (non-hydrogen) atoms. The fourth-order valence-corrected chi connectivity index (χ4v) is 17.8. The minimum Gasteiger partial charge on any atom is -0.412 e. The normalized spacial score (nSPS) is 13.4. The topological polar surface area (TPSA) is 230 Å². The van der Waals surface area contributed by atoms with Gasteiger partial charge in [-0.1, -0.05) is 275 Å². The summed E-state index contributed by atoms with van der Waals surface area (Å²) < 4.78 is 14.6. The standard InChI is InChI=1S/C108H112N16O2Si2.2Co/c1-101(2,3)63-35-43-71-79(51-63)97-115-87(71)111-93-77-49-59(31-41-69(77)85(109-93)113-95-81-53-65(103(7,8)9)37-45-73(81)89(117-95)121-99-83-55-67(105(13,14)15)39-47-75(83)91(119-97)123-99)29-33-61(57-125-127(25,26)107(19,20)21)62(58-126-128(27,28)108(22,23)24)34-30-60-32-42-70-78(50-60)94-110-86(70)114-96-82-54-66(104(10,11)12)38-46-74(82)90(118-96)122-100-84-56-68(106(16,17)18)40-48-76(84)92(124-100)120-98-80-52-64(102(4,5)6)36-44-72(80)88(112-94)116-98;;/h31-32,35-56H,57-58H2,1-28H3;;/q-4;2*+2/b62-61+;;. The van der Waals surface area contributed by atoms with Crippen molar-refractivity contribution in [3.05, 3.63) is 201 Å². The van der Waals surface area contributed by atoms with Gasteiger partial charge < -0.3 is 68.7 Å². The van der Waals surface area contributed by atoms with Gasteiger partial charge in [0.05, 0.1) is 59.8 Å². The maximum Gasteiger partial charge on any atom is 2.00 e. The Morgan fingerprint density at radius 3 is 0.677 bits per heavy atom. The summed E-state index contributed by atoms with van der Waals surface area (Å²) in [6, 6.07) is 51.0. The number of hydrogen-bond acceptors (Lipinski definition) is 14. The Morgan fingerprint density at radius 1 is 0.246 bits per heavy atom. The van der Waals surface area contributed by atoms with Gasteiger partial charge in [-0.2, -0.15) is 0 Å². The van der Waals surface area contributed by atoms with Crippen LogP contribution in [0.4, 0.5) is 0 Å². The van der Waals surface area contributed by atoms with Gasteiger partial charge in [0.2, 0.25) is 0 Å². The van der Waals surface area contributed by atoms with Gasteiger partial charge in [0.25, 0.3) is 0 Å². The molecule has 0 aliphatic carbocycles. The summed E-state index contributed by atoms with van der Waals surface area (Å²) in [6.07, 6.45) is 0. The molecule has 0 amide bonds. The van der Waals surface area contributed by atoms with E-state index in [1.54, 1.807) is 0 Å². The molecule has 0 saturated heterocycles. The molecule has 18 rings (SSSR count). The SMILES string of the molecule is CC(C)(C)c1ccc2c(c1)-c1nc-2nc2[n-]c(nc3nc(nc4[n-]c(n1)c1ccc(C(C)(C)C)cc41)-c1ccc(C#C/C(CO[Si](C)(C)C(C)(C)C)=C(/C#Cc4ccc5c(c4)-c4nc-5nc5[n-]c(nc6nc(nc7[n-]c(n4)c4ccc(C(C)(C)C)cc74)-c4ccc(C(C)(C)C)cc4-6)c4ccc(C(C)(C)C)cc54)CO[Si](C)(C)C(C)(C)C)cc1-3)c1ccc(C(C)(C)C)cc21.[Co+2].[Co+2]. The molecule has 18 nitrogen and oxygen atoms in total. The maximum absolute atomic E-state index is 7.28. The van der Waals surface area contributed by atoms with Crippen LogP contribution in [0.5, 0.6) is 0 Å². The van der Waals surface area contributed by atoms with Crippen LogP contribution in [0.1, 0.15) is 211 Å². The summed E-state index contributed by atoms with van der Waals surface area (Å²) in [5, 5.41) is 6.39. The molecule has 0 saturated carbocycles. The van der Waals surface area contributed by atoms with E-state index in [9.17, 15) is 0 Å². The van der Waals surface area contributed by atoms with Crippen LogP contribution < -0.4 is 19.9 Å². The van der Waals surface area contributed by atoms with Gasteiger partial charge in [-0.3, -0.25) is 0 Å². The molecular formula is C108H112Co2N16O2Si2. The Balaban J connectivity index is 0.00000618. The zero-order valence-electron chi connectivity index (χ0n) is 79.9. The van der Waals surface area contributed by atoms with Crippen LogP contribution in [0, 0.1) is 23.7 Å². The smallest absolute Gasteiger partial charge is 0.412 e. The molecule has 10 heterocycles. The van der Waals surface area contributed by atoms with E-state index in [0.29, 0.717) is 114 Å². The molecule has 4 aliphatic rings. The van der Waals surface area contributed by atoms with Crippen LogP contribution in [0.25, 0.3) is 179 Å². The van der Waals surface area contributed by atoms with Crippen LogP contribution >= 0.6 is 0 Å². The Morgan fingerprint density at radius 2 is 0.446 bits per heavy atom. The van der Waals surface area contributed by atoms with Crippen LogP contribution in [0.3, 0.4) is 0 Å².